The molecule has 0 aliphatic carbocycles. The number of esters is 1. The van der Waals surface area contributed by atoms with Crippen LogP contribution in [-0.4, -0.2) is 89.9 Å². The Hall–Kier alpha value is -5.26. The van der Waals surface area contributed by atoms with Gasteiger partial charge in [-0.1, -0.05) is 27.7 Å². The Morgan fingerprint density at radius 1 is 0.778 bits per heavy atom. The highest BCUT2D eigenvalue weighted by Crippen LogP contribution is 2.32. The average Bonchev–Trinajstić information content (AvgIpc) is 4.01. The van der Waals surface area contributed by atoms with E-state index in [0.29, 0.717) is 41.6 Å². The molecule has 2 aliphatic rings. The Morgan fingerprint density at radius 3 is 1.76 bits per heavy atom. The summed E-state index contributed by atoms with van der Waals surface area (Å²) in [5, 5.41) is 13.4. The summed E-state index contributed by atoms with van der Waals surface area (Å²) < 4.78 is 6.32. The smallest absolute Gasteiger partial charge is 0.358 e. The van der Waals surface area contributed by atoms with Crippen molar-refractivity contribution >= 4 is 66.9 Å². The van der Waals surface area contributed by atoms with Gasteiger partial charge in [0, 0.05) is 68.6 Å². The molecule has 0 saturated carbocycles. The van der Waals surface area contributed by atoms with E-state index in [1.165, 1.54) is 61.9 Å². The van der Waals surface area contributed by atoms with Gasteiger partial charge in [-0.3, -0.25) is 4.79 Å². The molecule has 282 valence electrons. The minimum Gasteiger partial charge on any atom is -0.464 e. The Kier molecular flexibility index (Phi) is 12.3. The van der Waals surface area contributed by atoms with Crippen LogP contribution in [0, 0.1) is 10.8 Å². The molecule has 15 nitrogen and oxygen atoms in total. The van der Waals surface area contributed by atoms with E-state index < -0.39 is 5.97 Å². The maximum atomic E-state index is 13.1. The van der Waals surface area contributed by atoms with E-state index in [1.54, 1.807) is 24.8 Å². The molecule has 2 saturated heterocycles. The quantitative estimate of drug-likeness (QED) is 0.157. The van der Waals surface area contributed by atoms with Crippen LogP contribution < -0.4 is 16.0 Å². The monoisotopic (exact) mass is 768 g/mol. The number of rotatable bonds is 8. The number of hydrogen-bond acceptors (Lipinski definition) is 16. The number of anilines is 2. The van der Waals surface area contributed by atoms with Gasteiger partial charge in [0.05, 0.1) is 27.5 Å². The Balaban J connectivity index is 0.000000159. The number of likely N-dealkylation sites (tertiary alicyclic amines) is 1. The van der Waals surface area contributed by atoms with Crippen molar-refractivity contribution in [2.75, 3.05) is 43.9 Å². The summed E-state index contributed by atoms with van der Waals surface area (Å²) in [6.45, 7) is 13.9. The summed E-state index contributed by atoms with van der Waals surface area (Å²) in [5.74, 6) is 0.319. The van der Waals surface area contributed by atoms with Crippen LogP contribution in [0.3, 0.4) is 0 Å². The predicted octanol–water partition coefficient (Wildman–Crippen LogP) is 5.85. The van der Waals surface area contributed by atoms with E-state index in [9.17, 15) is 9.59 Å². The SMILES string of the molecule is CC1(C)CCN(C(=O)c2nc(NCc3cncnc3)nc3ccsc23)C1.CC1(C)CCNC1.COC(=O)c1nc(NCc2cncnc2)nc2ccsc12. The summed E-state index contributed by atoms with van der Waals surface area (Å²) in [6.07, 6.45) is 12.2. The van der Waals surface area contributed by atoms with Crippen LogP contribution in [0.4, 0.5) is 11.9 Å². The number of methoxy groups -OCH3 is 1. The predicted molar refractivity (Wildman–Crippen MR) is 210 cm³/mol. The van der Waals surface area contributed by atoms with Gasteiger partial charge in [-0.25, -0.2) is 44.7 Å². The van der Waals surface area contributed by atoms with Crippen molar-refractivity contribution in [3.63, 3.8) is 0 Å². The third-order valence-electron chi connectivity index (χ3n) is 8.86. The summed E-state index contributed by atoms with van der Waals surface area (Å²) in [6, 6.07) is 3.76. The Labute approximate surface area is 321 Å². The summed E-state index contributed by atoms with van der Waals surface area (Å²) in [7, 11) is 1.33. The normalized spacial score (nSPS) is 15.5. The lowest BCUT2D eigenvalue weighted by molar-refractivity contribution is 0.0596. The molecule has 0 atom stereocenters. The number of carbonyl (C=O) groups excluding carboxylic acids is 2. The maximum absolute atomic E-state index is 13.1. The first-order valence-electron chi connectivity index (χ1n) is 17.5. The number of carbonyl (C=O) groups is 2. The van der Waals surface area contributed by atoms with E-state index in [4.69, 9.17) is 4.74 Å². The molecule has 1 amide bonds. The second-order valence-electron chi connectivity index (χ2n) is 14.5. The number of thiophene rings is 2. The molecule has 6 aromatic heterocycles. The Bertz CT molecular complexity index is 2170. The van der Waals surface area contributed by atoms with Gasteiger partial charge in [0.1, 0.15) is 12.7 Å². The fraction of sp³-hybridized carbons (Fsp3) is 0.405. The van der Waals surface area contributed by atoms with Gasteiger partial charge in [-0.05, 0) is 53.1 Å². The van der Waals surface area contributed by atoms with Crippen molar-refractivity contribution in [3.05, 3.63) is 82.8 Å². The molecule has 0 unspecified atom stereocenters. The highest BCUT2D eigenvalue weighted by molar-refractivity contribution is 7.17. The highest BCUT2D eigenvalue weighted by Gasteiger charge is 2.34. The zero-order valence-corrected chi connectivity index (χ0v) is 32.6. The molecular formula is C37H44N12O3S2. The summed E-state index contributed by atoms with van der Waals surface area (Å²) in [5.41, 5.74) is 4.81. The van der Waals surface area contributed by atoms with Crippen molar-refractivity contribution in [2.45, 2.75) is 53.6 Å². The van der Waals surface area contributed by atoms with E-state index in [1.807, 2.05) is 27.8 Å². The first-order chi connectivity index (χ1) is 26.0. The highest BCUT2D eigenvalue weighted by atomic mass is 32.1. The van der Waals surface area contributed by atoms with Crippen LogP contribution >= 0.6 is 22.7 Å². The van der Waals surface area contributed by atoms with Crippen LogP contribution in [0.1, 0.15) is 72.6 Å². The van der Waals surface area contributed by atoms with Gasteiger partial charge in [0.15, 0.2) is 11.4 Å². The third-order valence-corrected chi connectivity index (χ3v) is 10.7. The third kappa shape index (κ3) is 10.0. The van der Waals surface area contributed by atoms with Crippen LogP contribution in [0.5, 0.6) is 0 Å². The van der Waals surface area contributed by atoms with Gasteiger partial charge in [-0.15, -0.1) is 22.7 Å². The number of ether oxygens (including phenoxy) is 1. The average molecular weight is 769 g/mol. The van der Waals surface area contributed by atoms with E-state index in [2.05, 4.69) is 83.5 Å². The molecule has 0 spiro atoms. The van der Waals surface area contributed by atoms with E-state index in [-0.39, 0.29) is 17.0 Å². The second kappa shape index (κ2) is 17.3. The van der Waals surface area contributed by atoms with Crippen molar-refractivity contribution in [1.29, 1.82) is 0 Å². The first-order valence-corrected chi connectivity index (χ1v) is 19.3. The van der Waals surface area contributed by atoms with Gasteiger partial charge in [0.2, 0.25) is 11.9 Å². The lowest BCUT2D eigenvalue weighted by atomic mass is 9.93. The van der Waals surface area contributed by atoms with Crippen molar-refractivity contribution in [3.8, 4) is 0 Å². The minimum atomic E-state index is -0.476. The lowest BCUT2D eigenvalue weighted by Gasteiger charge is -2.20. The molecule has 8 rings (SSSR count). The van der Waals surface area contributed by atoms with Gasteiger partial charge in [-0.2, -0.15) is 0 Å². The van der Waals surface area contributed by atoms with Crippen molar-refractivity contribution < 1.29 is 14.3 Å². The first kappa shape index (κ1) is 38.5. The standard InChI is InChI=1S/C18H20N6OS.C13H11N5O2S.C6H13N/c1-18(2)4-5-24(10-18)16(25)14-15-13(3-6-26-15)22-17(23-14)21-9-12-7-19-11-20-8-12;1-20-12(19)10-11-9(2-3-21-11)17-13(18-10)16-6-8-4-14-7-15-5-8;1-6(2)3-4-7-5-6/h3,6-8,11H,4-5,9-10H2,1-2H3,(H,21,22,23);2-5,7H,6H2,1H3,(H,16,17,18);7H,3-5H2,1-2H3. The second-order valence-corrected chi connectivity index (χ2v) is 16.3. The summed E-state index contributed by atoms with van der Waals surface area (Å²) >= 11 is 2.91. The molecule has 6 aromatic rings. The fourth-order valence-electron chi connectivity index (χ4n) is 5.85. The molecule has 0 bridgehead atoms. The van der Waals surface area contributed by atoms with E-state index in [0.717, 1.165) is 45.6 Å². The molecule has 0 radical (unpaired) electrons. The molecule has 3 N–H and O–H groups in total. The number of nitrogens with one attached hydrogen (secondary N) is 3. The van der Waals surface area contributed by atoms with Gasteiger partial charge < -0.3 is 25.6 Å². The molecule has 54 heavy (non-hydrogen) atoms. The maximum Gasteiger partial charge on any atom is 0.358 e. The summed E-state index contributed by atoms with van der Waals surface area (Å²) in [4.78, 5) is 60.3. The fourth-order valence-corrected chi connectivity index (χ4v) is 7.47. The molecule has 17 heteroatoms. The van der Waals surface area contributed by atoms with Crippen LogP contribution in [0.2, 0.25) is 0 Å². The van der Waals surface area contributed by atoms with Gasteiger partial charge in [0.25, 0.3) is 5.91 Å². The number of amides is 1. The number of nitrogens with zero attached hydrogens (tertiary/aromatic N) is 9. The molecule has 2 fully saturated rings. The topological polar surface area (TPSA) is 186 Å². The molecule has 2 aliphatic heterocycles. The molecule has 0 aromatic carbocycles. The van der Waals surface area contributed by atoms with Crippen molar-refractivity contribution in [2.24, 2.45) is 10.8 Å². The zero-order chi connectivity index (χ0) is 38.1. The van der Waals surface area contributed by atoms with Crippen LogP contribution in [0.15, 0.2) is 60.3 Å². The number of fused-ring (bicyclic) bond motifs is 2. The van der Waals surface area contributed by atoms with E-state index >= 15 is 0 Å². The minimum absolute atomic E-state index is 0.0171. The number of aromatic nitrogens is 8. The Morgan fingerprint density at radius 2 is 1.31 bits per heavy atom. The van der Waals surface area contributed by atoms with Crippen molar-refractivity contribution in [1.82, 2.24) is 50.1 Å². The zero-order valence-electron chi connectivity index (χ0n) is 31.0. The largest absolute Gasteiger partial charge is 0.464 e. The molecular weight excluding hydrogens is 725 g/mol. The van der Waals surface area contributed by atoms with Gasteiger partial charge >= 0.3 is 5.97 Å². The van der Waals surface area contributed by atoms with Crippen LogP contribution in [0.25, 0.3) is 20.4 Å². The lowest BCUT2D eigenvalue weighted by Crippen LogP contribution is -2.31. The molecule has 8 heterocycles. The number of hydrogen-bond donors (Lipinski definition) is 3. The van der Waals surface area contributed by atoms with Crippen LogP contribution in [-0.2, 0) is 17.8 Å².